The molecule has 0 unspecified atom stereocenters. The molecule has 0 aromatic carbocycles. The van der Waals surface area contributed by atoms with Crippen molar-refractivity contribution in [1.82, 2.24) is 0 Å². The normalized spacial score (nSPS) is 5.00. The van der Waals surface area contributed by atoms with Crippen molar-refractivity contribution in [3.05, 3.63) is 6.92 Å². The molecule has 3 radical (unpaired) electrons. The maximum absolute atomic E-state index is 3.60. The summed E-state index contributed by atoms with van der Waals surface area (Å²) in [5.41, 5.74) is 0. The molecule has 29 valence electrons. The predicted molar refractivity (Wildman–Crippen MR) is 26.0 cm³/mol. The van der Waals surface area contributed by atoms with Gasteiger partial charge >= 0.3 is 29.6 Å². The van der Waals surface area contributed by atoms with Crippen LogP contribution in [0.5, 0.6) is 0 Å². The molecule has 0 aliphatic heterocycles. The molecule has 0 aromatic heterocycles. The zero-order valence-electron chi connectivity index (χ0n) is 4.70. The van der Waals surface area contributed by atoms with Gasteiger partial charge in [0, 0.05) is 8.41 Å². The van der Waals surface area contributed by atoms with Gasteiger partial charge in [-0.3, -0.25) is 0 Å². The molecule has 0 bridgehead atoms. The Labute approximate surface area is 64.6 Å². The van der Waals surface area contributed by atoms with Crippen molar-refractivity contribution in [2.24, 2.45) is 0 Å². The largest absolute Gasteiger partial charge is 1.00 e. The van der Waals surface area contributed by atoms with Crippen LogP contribution in [0.15, 0.2) is 0 Å². The maximum atomic E-state index is 3.60. The molecule has 2 heteroatoms. The van der Waals surface area contributed by atoms with Gasteiger partial charge in [0.1, 0.15) is 0 Å². The summed E-state index contributed by atoms with van der Waals surface area (Å²) in [6, 6.07) is 0. The monoisotopic (exact) mass is 91.1 g/mol. The molecule has 0 nitrogen and oxygen atoms in total. The van der Waals surface area contributed by atoms with Crippen molar-refractivity contribution in [3.63, 3.8) is 0 Å². The topological polar surface area (TPSA) is 0 Å². The van der Waals surface area contributed by atoms with Gasteiger partial charge in [0.25, 0.3) is 0 Å². The van der Waals surface area contributed by atoms with Gasteiger partial charge in [0.05, 0.1) is 0 Å². The molecule has 0 N–H and O–H groups in total. The molecule has 0 atom stereocenters. The Balaban J connectivity index is -0.0000000450. The van der Waals surface area contributed by atoms with Gasteiger partial charge in [-0.05, 0) is 0 Å². The Morgan fingerprint density at radius 2 is 1.67 bits per heavy atom. The van der Waals surface area contributed by atoms with Gasteiger partial charge in [0.2, 0.25) is 0 Å². The van der Waals surface area contributed by atoms with Crippen LogP contribution < -0.4 is 29.6 Å². The third-order valence-corrected chi connectivity index (χ3v) is 0.354. The quantitative estimate of drug-likeness (QED) is 0.265. The number of unbranched alkanes of at least 4 members (excludes halogenated alkanes) is 1. The van der Waals surface area contributed by atoms with Gasteiger partial charge in [-0.2, -0.15) is 6.42 Å². The van der Waals surface area contributed by atoms with Crippen LogP contribution >= 0.6 is 0 Å². The van der Waals surface area contributed by atoms with Crippen molar-refractivity contribution in [3.8, 4) is 0 Å². The maximum Gasteiger partial charge on any atom is 1.00 e. The minimum atomic E-state index is 0. The first-order valence-electron chi connectivity index (χ1n) is 1.71. The molecule has 0 amide bonds. The van der Waals surface area contributed by atoms with E-state index < -0.39 is 0 Å². The van der Waals surface area contributed by atoms with Crippen LogP contribution in [0.25, 0.3) is 0 Å². The summed E-state index contributed by atoms with van der Waals surface area (Å²) in [6.45, 7) is 5.72. The molecule has 6 heavy (non-hydrogen) atoms. The first kappa shape index (κ1) is 15.7. The van der Waals surface area contributed by atoms with Gasteiger partial charge in [-0.25, -0.2) is 0 Å². The summed E-state index contributed by atoms with van der Waals surface area (Å²) < 4.78 is 0. The second-order valence-corrected chi connectivity index (χ2v) is 0.854. The fourth-order valence-electron chi connectivity index (χ4n) is 0. The second-order valence-electron chi connectivity index (χ2n) is 0.854. The average Bonchev–Trinajstić information content (AvgIpc) is 1.37. The molecule has 0 fully saturated rings. The Morgan fingerprint density at radius 1 is 1.50 bits per heavy atom. The van der Waals surface area contributed by atoms with Crippen molar-refractivity contribution in [2.45, 2.75) is 19.8 Å². The molecule has 0 aromatic rings. The minimum absolute atomic E-state index is 0. The molecular weight excluding hydrogens is 81.8 g/mol. The second kappa shape index (κ2) is 16.6. The Morgan fingerprint density at radius 3 is 1.67 bits per heavy atom. The van der Waals surface area contributed by atoms with Crippen molar-refractivity contribution in [1.29, 1.82) is 0 Å². The van der Waals surface area contributed by atoms with Crippen molar-refractivity contribution in [2.75, 3.05) is 0 Å². The molecule has 0 spiro atoms. The SMILES string of the molecule is [B].[CH2-]CCC.[Na+]. The molecule has 0 saturated carbocycles. The van der Waals surface area contributed by atoms with E-state index in [-0.39, 0.29) is 38.0 Å². The summed E-state index contributed by atoms with van der Waals surface area (Å²) in [5, 5.41) is 0. The Hall–Kier alpha value is 1.06. The summed E-state index contributed by atoms with van der Waals surface area (Å²) in [6.07, 6.45) is 2.28. The standard InChI is InChI=1S/C4H9.B.Na/c1-3-4-2;;/h1,3-4H2,2H3;;/q-1;;+1. The summed E-state index contributed by atoms with van der Waals surface area (Å²) in [5.74, 6) is 0. The van der Waals surface area contributed by atoms with E-state index in [1.807, 2.05) is 0 Å². The van der Waals surface area contributed by atoms with Crippen molar-refractivity contribution >= 4 is 8.41 Å². The van der Waals surface area contributed by atoms with E-state index in [4.69, 9.17) is 0 Å². The molecule has 0 aliphatic rings. The zero-order valence-corrected chi connectivity index (χ0v) is 6.70. The fourth-order valence-corrected chi connectivity index (χ4v) is 0. The van der Waals surface area contributed by atoms with E-state index in [0.717, 1.165) is 6.42 Å². The molecule has 0 heterocycles. The van der Waals surface area contributed by atoms with Crippen LogP contribution in [0.4, 0.5) is 0 Å². The van der Waals surface area contributed by atoms with Crippen LogP contribution in [-0.2, 0) is 0 Å². The van der Waals surface area contributed by atoms with E-state index in [2.05, 4.69) is 13.8 Å². The van der Waals surface area contributed by atoms with Crippen LogP contribution in [0.3, 0.4) is 0 Å². The first-order chi connectivity index (χ1) is 1.91. The van der Waals surface area contributed by atoms with Crippen LogP contribution in [-0.4, -0.2) is 8.41 Å². The van der Waals surface area contributed by atoms with E-state index in [1.165, 1.54) is 6.42 Å². The van der Waals surface area contributed by atoms with Gasteiger partial charge in [-0.15, -0.1) is 0 Å². The van der Waals surface area contributed by atoms with Crippen molar-refractivity contribution < 1.29 is 29.6 Å². The van der Waals surface area contributed by atoms with Gasteiger partial charge in [-0.1, -0.05) is 13.3 Å². The van der Waals surface area contributed by atoms with E-state index >= 15 is 0 Å². The summed E-state index contributed by atoms with van der Waals surface area (Å²) in [4.78, 5) is 0. The molecular formula is C4H9BNa. The van der Waals surface area contributed by atoms with E-state index in [9.17, 15) is 0 Å². The van der Waals surface area contributed by atoms with Gasteiger partial charge < -0.3 is 6.92 Å². The summed E-state index contributed by atoms with van der Waals surface area (Å²) in [7, 11) is 0. The van der Waals surface area contributed by atoms with Crippen LogP contribution in [0.2, 0.25) is 0 Å². The zero-order chi connectivity index (χ0) is 3.41. The smallest absolute Gasteiger partial charge is 0.343 e. The first-order valence-corrected chi connectivity index (χ1v) is 1.71. The Bertz CT molecular complexity index is 9.51. The Kier molecular flexibility index (Phi) is 43.4. The van der Waals surface area contributed by atoms with E-state index in [0.29, 0.717) is 0 Å². The van der Waals surface area contributed by atoms with E-state index in [1.54, 1.807) is 0 Å². The predicted octanol–water partition coefficient (Wildman–Crippen LogP) is -1.76. The minimum Gasteiger partial charge on any atom is -0.343 e. The number of hydrogen-bond donors (Lipinski definition) is 0. The molecule has 0 aliphatic carbocycles. The van der Waals surface area contributed by atoms with Crippen LogP contribution in [0, 0.1) is 6.92 Å². The molecule has 0 rings (SSSR count). The number of hydrogen-bond acceptors (Lipinski definition) is 0. The fraction of sp³-hybridized carbons (Fsp3) is 0.750. The number of rotatable bonds is 1. The van der Waals surface area contributed by atoms with Gasteiger partial charge in [0.15, 0.2) is 0 Å². The van der Waals surface area contributed by atoms with Crippen LogP contribution in [0.1, 0.15) is 19.8 Å². The third kappa shape index (κ3) is 19.6. The average molecular weight is 90.9 g/mol. The molecule has 0 saturated heterocycles. The third-order valence-electron chi connectivity index (χ3n) is 0.354. The summed E-state index contributed by atoms with van der Waals surface area (Å²) >= 11 is 0.